The molecule has 0 radical (unpaired) electrons. The minimum Gasteiger partial charge on any atom is -0.406 e. The van der Waals surface area contributed by atoms with Gasteiger partial charge in [-0.25, -0.2) is 9.48 Å². The zero-order valence-electron chi connectivity index (χ0n) is 15.4. The first-order valence-corrected chi connectivity index (χ1v) is 8.62. The van der Waals surface area contributed by atoms with E-state index in [0.29, 0.717) is 4.68 Å². The van der Waals surface area contributed by atoms with Gasteiger partial charge >= 0.3 is 18.9 Å². The van der Waals surface area contributed by atoms with Crippen molar-refractivity contribution in [3.8, 4) is 5.75 Å². The molecule has 2 aromatic rings. The van der Waals surface area contributed by atoms with Gasteiger partial charge in [-0.05, 0) is 25.5 Å². The number of carbonyl (C=O) groups excluding carboxylic acids is 2. The second-order valence-corrected chi connectivity index (χ2v) is 6.36. The molecule has 30 heavy (non-hydrogen) atoms. The summed E-state index contributed by atoms with van der Waals surface area (Å²) in [5, 5.41) is 8.31. The Bertz CT molecular complexity index is 946. The molecule has 0 bridgehead atoms. The van der Waals surface area contributed by atoms with Gasteiger partial charge in [0.2, 0.25) is 5.91 Å². The van der Waals surface area contributed by atoms with Crippen LogP contribution in [0.2, 0.25) is 0 Å². The van der Waals surface area contributed by atoms with Gasteiger partial charge in [0.1, 0.15) is 11.8 Å². The van der Waals surface area contributed by atoms with Gasteiger partial charge in [0.15, 0.2) is 0 Å². The van der Waals surface area contributed by atoms with Gasteiger partial charge in [-0.15, -0.1) is 13.2 Å². The van der Waals surface area contributed by atoms with Crippen molar-refractivity contribution in [3.63, 3.8) is 0 Å². The van der Waals surface area contributed by atoms with Crippen LogP contribution in [-0.2, 0) is 4.79 Å². The summed E-state index contributed by atoms with van der Waals surface area (Å²) < 4.78 is 66.7. The third kappa shape index (κ3) is 4.96. The molecular weight excluding hydrogens is 417 g/mol. The maximum absolute atomic E-state index is 12.7. The van der Waals surface area contributed by atoms with Crippen LogP contribution in [0.5, 0.6) is 5.75 Å². The normalized spacial score (nSPS) is 16.8. The first-order valence-electron chi connectivity index (χ1n) is 8.62. The number of rotatable bonds is 5. The van der Waals surface area contributed by atoms with E-state index in [9.17, 15) is 31.5 Å². The number of ether oxygens (including phenoxy) is 1. The predicted molar refractivity (Wildman–Crippen MR) is 94.3 cm³/mol. The Morgan fingerprint density at radius 2 is 2.07 bits per heavy atom. The van der Waals surface area contributed by atoms with Gasteiger partial charge in [0.25, 0.3) is 0 Å². The number of aromatic nitrogens is 2. The summed E-state index contributed by atoms with van der Waals surface area (Å²) in [7, 11) is 0. The lowest BCUT2D eigenvalue weighted by Crippen LogP contribution is -2.43. The molecule has 1 saturated heterocycles. The van der Waals surface area contributed by atoms with Crippen molar-refractivity contribution in [2.24, 2.45) is 0 Å². The number of hydrogen-bond acceptors (Lipinski definition) is 4. The number of aryl methyl sites for hydroxylation is 1. The van der Waals surface area contributed by atoms with Crippen LogP contribution in [0.4, 0.5) is 38.1 Å². The maximum atomic E-state index is 12.7. The molecular formula is C17H16F5N5O3. The average molecular weight is 433 g/mol. The van der Waals surface area contributed by atoms with E-state index in [1.807, 2.05) is 0 Å². The van der Waals surface area contributed by atoms with E-state index in [2.05, 4.69) is 20.5 Å². The number of nitrogens with zero attached hydrogens (tertiary/aromatic N) is 3. The Morgan fingerprint density at radius 3 is 2.70 bits per heavy atom. The van der Waals surface area contributed by atoms with Crippen molar-refractivity contribution in [3.05, 3.63) is 36.2 Å². The first-order chi connectivity index (χ1) is 14.0. The van der Waals surface area contributed by atoms with Crippen molar-refractivity contribution in [1.29, 1.82) is 0 Å². The molecule has 1 aliphatic rings. The minimum absolute atomic E-state index is 0.0482. The molecule has 0 saturated carbocycles. The van der Waals surface area contributed by atoms with Crippen molar-refractivity contribution in [2.45, 2.75) is 32.3 Å². The molecule has 3 rings (SSSR count). The predicted octanol–water partition coefficient (Wildman–Crippen LogP) is 3.41. The van der Waals surface area contributed by atoms with Gasteiger partial charge in [-0.3, -0.25) is 4.79 Å². The van der Waals surface area contributed by atoms with E-state index in [0.717, 1.165) is 18.3 Å². The molecule has 1 aliphatic heterocycles. The second-order valence-electron chi connectivity index (χ2n) is 6.36. The molecule has 1 atom stereocenters. The molecule has 1 unspecified atom stereocenters. The molecule has 1 aromatic heterocycles. The lowest BCUT2D eigenvalue weighted by atomic mass is 10.2. The third-order valence-electron chi connectivity index (χ3n) is 4.24. The second kappa shape index (κ2) is 8.16. The fourth-order valence-electron chi connectivity index (χ4n) is 2.94. The highest BCUT2D eigenvalue weighted by atomic mass is 19.4. The highest BCUT2D eigenvalue weighted by molar-refractivity contribution is 6.02. The highest BCUT2D eigenvalue weighted by Crippen LogP contribution is 2.29. The number of amides is 3. The monoisotopic (exact) mass is 433 g/mol. The number of alkyl halides is 5. The molecule has 1 fully saturated rings. The number of urea groups is 1. The van der Waals surface area contributed by atoms with Crippen LogP contribution in [0.15, 0.2) is 30.5 Å². The summed E-state index contributed by atoms with van der Waals surface area (Å²) in [5.74, 6) is -1.01. The smallest absolute Gasteiger partial charge is 0.406 e. The van der Waals surface area contributed by atoms with Crippen molar-refractivity contribution in [2.75, 3.05) is 16.8 Å². The fourth-order valence-corrected chi connectivity index (χ4v) is 2.94. The summed E-state index contributed by atoms with van der Waals surface area (Å²) >= 11 is 0. The topological polar surface area (TPSA) is 88.5 Å². The molecule has 3 amide bonds. The fraction of sp³-hybridized carbons (Fsp3) is 0.353. The summed E-state index contributed by atoms with van der Waals surface area (Å²) in [6, 6.07) is 3.16. The Balaban J connectivity index is 1.63. The number of anilines is 2. The number of nitrogens with one attached hydrogen (secondary N) is 2. The van der Waals surface area contributed by atoms with E-state index >= 15 is 0 Å². The Hall–Kier alpha value is -3.38. The van der Waals surface area contributed by atoms with Crippen LogP contribution in [0.3, 0.4) is 0 Å². The third-order valence-corrected chi connectivity index (χ3v) is 4.24. The van der Waals surface area contributed by atoms with Crippen LogP contribution < -0.4 is 20.3 Å². The Labute approximate surface area is 166 Å². The lowest BCUT2D eigenvalue weighted by molar-refractivity contribution is -0.274. The Morgan fingerprint density at radius 1 is 1.33 bits per heavy atom. The number of halogens is 5. The SMILES string of the molecule is Cc1nn(C(F)F)cc1NC(=O)NC1CCN(c2cccc(OC(F)(F)F)c2)C1=O. The Kier molecular flexibility index (Phi) is 5.80. The summed E-state index contributed by atoms with van der Waals surface area (Å²) in [6.07, 6.45) is -3.72. The van der Waals surface area contributed by atoms with Crippen LogP contribution in [0.1, 0.15) is 18.7 Å². The molecule has 0 aliphatic carbocycles. The summed E-state index contributed by atoms with van der Waals surface area (Å²) in [4.78, 5) is 25.9. The van der Waals surface area contributed by atoms with Crippen molar-refractivity contribution in [1.82, 2.24) is 15.1 Å². The molecule has 0 spiro atoms. The molecule has 2 N–H and O–H groups in total. The number of carbonyl (C=O) groups is 2. The van der Waals surface area contributed by atoms with Crippen LogP contribution in [0.25, 0.3) is 0 Å². The molecule has 162 valence electrons. The molecule has 8 nitrogen and oxygen atoms in total. The summed E-state index contributed by atoms with van der Waals surface area (Å²) in [6.45, 7) is -1.29. The van der Waals surface area contributed by atoms with Crippen LogP contribution >= 0.6 is 0 Å². The van der Waals surface area contributed by atoms with E-state index in [4.69, 9.17) is 0 Å². The van der Waals surface area contributed by atoms with Crippen molar-refractivity contribution < 1.29 is 36.3 Å². The van der Waals surface area contributed by atoms with E-state index in [1.54, 1.807) is 0 Å². The van der Waals surface area contributed by atoms with Gasteiger partial charge < -0.3 is 20.3 Å². The van der Waals surface area contributed by atoms with E-state index in [-0.39, 0.29) is 30.0 Å². The maximum Gasteiger partial charge on any atom is 0.573 e. The van der Waals surface area contributed by atoms with Gasteiger partial charge in [-0.2, -0.15) is 13.9 Å². The van der Waals surface area contributed by atoms with Crippen LogP contribution in [0, 0.1) is 6.92 Å². The van der Waals surface area contributed by atoms with Crippen LogP contribution in [-0.4, -0.2) is 40.7 Å². The van der Waals surface area contributed by atoms with Gasteiger partial charge in [0.05, 0.1) is 17.6 Å². The molecule has 13 heteroatoms. The van der Waals surface area contributed by atoms with Gasteiger partial charge in [0, 0.05) is 18.3 Å². The number of hydrogen-bond donors (Lipinski definition) is 2. The molecule has 1 aromatic carbocycles. The lowest BCUT2D eigenvalue weighted by Gasteiger charge is -2.18. The average Bonchev–Trinajstić information content (AvgIpc) is 3.17. The first kappa shape index (κ1) is 21.3. The summed E-state index contributed by atoms with van der Waals surface area (Å²) in [5.41, 5.74) is 0.388. The van der Waals surface area contributed by atoms with E-state index < -0.39 is 36.6 Å². The zero-order valence-corrected chi connectivity index (χ0v) is 15.4. The highest BCUT2D eigenvalue weighted by Gasteiger charge is 2.35. The quantitative estimate of drug-likeness (QED) is 0.708. The minimum atomic E-state index is -4.87. The standard InChI is InChI=1S/C17H16F5N5O3/c1-9-13(8-27(25-9)15(18)19)24-16(29)23-12-5-6-26(14(12)28)10-3-2-4-11(7-10)30-17(20,21)22/h2-4,7-8,12,15H,5-6H2,1H3,(H2,23,24,29). The van der Waals surface area contributed by atoms with Gasteiger partial charge in [-0.1, -0.05) is 6.07 Å². The molecule has 2 heterocycles. The van der Waals surface area contributed by atoms with E-state index in [1.165, 1.54) is 24.0 Å². The largest absolute Gasteiger partial charge is 0.573 e. The van der Waals surface area contributed by atoms with Crippen molar-refractivity contribution >= 4 is 23.3 Å². The number of benzene rings is 1. The zero-order chi connectivity index (χ0) is 22.1.